The molecule has 1 aromatic heterocycles. The number of aromatic nitrogens is 1. The predicted molar refractivity (Wildman–Crippen MR) is 76.1 cm³/mol. The minimum atomic E-state index is -0.108. The smallest absolute Gasteiger partial charge is 0.251 e. The number of nitrogen functional groups attached to an aromatic ring is 1. The van der Waals surface area contributed by atoms with E-state index in [1.165, 1.54) is 0 Å². The second-order valence-corrected chi connectivity index (χ2v) is 4.33. The fourth-order valence-corrected chi connectivity index (χ4v) is 1.75. The zero-order valence-corrected chi connectivity index (χ0v) is 11.7. The molecule has 0 bridgehead atoms. The number of hydrogen-bond acceptors (Lipinski definition) is 4. The van der Waals surface area contributed by atoms with Crippen molar-refractivity contribution in [3.63, 3.8) is 0 Å². The van der Waals surface area contributed by atoms with Crippen molar-refractivity contribution in [2.45, 2.75) is 33.1 Å². The van der Waals surface area contributed by atoms with Crippen molar-refractivity contribution in [3.05, 3.63) is 23.4 Å². The molecular weight excluding hydrogens is 242 g/mol. The normalized spacial score (nSPS) is 10.4. The van der Waals surface area contributed by atoms with Gasteiger partial charge in [0.1, 0.15) is 5.82 Å². The van der Waals surface area contributed by atoms with Gasteiger partial charge in [-0.25, -0.2) is 4.98 Å². The van der Waals surface area contributed by atoms with E-state index in [1.54, 1.807) is 12.1 Å². The second kappa shape index (κ2) is 8.48. The Labute approximate surface area is 114 Å². The summed E-state index contributed by atoms with van der Waals surface area (Å²) >= 11 is 0. The third kappa shape index (κ3) is 5.70. The lowest BCUT2D eigenvalue weighted by molar-refractivity contribution is 0.0944. The number of amides is 1. The molecule has 0 saturated carbocycles. The van der Waals surface area contributed by atoms with Crippen LogP contribution in [0.4, 0.5) is 5.82 Å². The summed E-state index contributed by atoms with van der Waals surface area (Å²) in [5, 5.41) is 2.85. The van der Waals surface area contributed by atoms with Crippen LogP contribution in [0.2, 0.25) is 0 Å². The van der Waals surface area contributed by atoms with Crippen LogP contribution in [0, 0.1) is 0 Å². The van der Waals surface area contributed by atoms with Crippen molar-refractivity contribution in [1.29, 1.82) is 0 Å². The Hall–Kier alpha value is -1.62. The zero-order chi connectivity index (χ0) is 14.1. The van der Waals surface area contributed by atoms with E-state index >= 15 is 0 Å². The number of carbonyl (C=O) groups is 1. The molecule has 1 heterocycles. The highest BCUT2D eigenvalue weighted by Gasteiger charge is 2.08. The Kier molecular flexibility index (Phi) is 6.89. The quantitative estimate of drug-likeness (QED) is 0.702. The summed E-state index contributed by atoms with van der Waals surface area (Å²) in [6.07, 6.45) is 2.61. The molecule has 0 radical (unpaired) electrons. The molecular formula is C14H23N3O2. The minimum Gasteiger partial charge on any atom is -0.384 e. The molecule has 0 spiro atoms. The molecule has 5 heteroatoms. The van der Waals surface area contributed by atoms with Gasteiger partial charge in [0.15, 0.2) is 0 Å². The first-order valence-electron chi connectivity index (χ1n) is 6.79. The number of anilines is 1. The first-order chi connectivity index (χ1) is 9.17. The fraction of sp³-hybridized carbons (Fsp3) is 0.571. The maximum Gasteiger partial charge on any atom is 0.251 e. The Morgan fingerprint density at radius 1 is 1.42 bits per heavy atom. The Morgan fingerprint density at radius 3 is 2.89 bits per heavy atom. The molecule has 0 atom stereocenters. The average Bonchev–Trinajstić information content (AvgIpc) is 2.38. The topological polar surface area (TPSA) is 77.2 Å². The number of aryl methyl sites for hydroxylation is 1. The molecule has 106 valence electrons. The van der Waals surface area contributed by atoms with Gasteiger partial charge in [-0.1, -0.05) is 13.3 Å². The van der Waals surface area contributed by atoms with Crippen LogP contribution < -0.4 is 11.1 Å². The Bertz CT molecular complexity index is 408. The summed E-state index contributed by atoms with van der Waals surface area (Å²) in [7, 11) is 0. The summed E-state index contributed by atoms with van der Waals surface area (Å²) in [4.78, 5) is 16.2. The van der Waals surface area contributed by atoms with Crippen molar-refractivity contribution >= 4 is 11.7 Å². The van der Waals surface area contributed by atoms with Crippen LogP contribution in [0.3, 0.4) is 0 Å². The van der Waals surface area contributed by atoms with Crippen molar-refractivity contribution in [3.8, 4) is 0 Å². The summed E-state index contributed by atoms with van der Waals surface area (Å²) in [6.45, 7) is 5.99. The highest BCUT2D eigenvalue weighted by molar-refractivity contribution is 5.94. The lowest BCUT2D eigenvalue weighted by atomic mass is 10.1. The molecule has 0 unspecified atom stereocenters. The van der Waals surface area contributed by atoms with Gasteiger partial charge in [-0.05, 0) is 31.9 Å². The molecule has 5 nitrogen and oxygen atoms in total. The van der Waals surface area contributed by atoms with E-state index in [2.05, 4.69) is 17.2 Å². The van der Waals surface area contributed by atoms with Gasteiger partial charge in [-0.2, -0.15) is 0 Å². The first-order valence-corrected chi connectivity index (χ1v) is 6.79. The molecule has 0 saturated heterocycles. The van der Waals surface area contributed by atoms with Gasteiger partial charge in [0.25, 0.3) is 5.91 Å². The number of nitrogens with two attached hydrogens (primary N) is 1. The second-order valence-electron chi connectivity index (χ2n) is 4.33. The van der Waals surface area contributed by atoms with Crippen molar-refractivity contribution in [1.82, 2.24) is 10.3 Å². The van der Waals surface area contributed by atoms with Crippen LogP contribution in [-0.4, -0.2) is 30.6 Å². The van der Waals surface area contributed by atoms with Crippen molar-refractivity contribution in [2.24, 2.45) is 0 Å². The molecule has 0 fully saturated rings. The van der Waals surface area contributed by atoms with Crippen LogP contribution in [0.15, 0.2) is 12.1 Å². The Balaban J connectivity index is 2.51. The maximum atomic E-state index is 12.0. The fourth-order valence-electron chi connectivity index (χ4n) is 1.75. The zero-order valence-electron chi connectivity index (χ0n) is 11.7. The van der Waals surface area contributed by atoms with E-state index in [4.69, 9.17) is 10.5 Å². The lowest BCUT2D eigenvalue weighted by Crippen LogP contribution is -2.25. The maximum absolute atomic E-state index is 12.0. The molecule has 0 aliphatic heterocycles. The predicted octanol–water partition coefficient (Wildman–Crippen LogP) is 1.77. The van der Waals surface area contributed by atoms with E-state index in [0.717, 1.165) is 25.0 Å². The summed E-state index contributed by atoms with van der Waals surface area (Å²) in [5.41, 5.74) is 7.15. The number of rotatable bonds is 8. The highest BCUT2D eigenvalue weighted by atomic mass is 16.5. The SMILES string of the molecule is CCCc1cc(C(=O)NCCCOCC)cc(N)n1. The van der Waals surface area contributed by atoms with E-state index in [-0.39, 0.29) is 5.91 Å². The monoisotopic (exact) mass is 265 g/mol. The third-order valence-corrected chi connectivity index (χ3v) is 2.62. The van der Waals surface area contributed by atoms with Gasteiger partial charge >= 0.3 is 0 Å². The van der Waals surface area contributed by atoms with Gasteiger partial charge < -0.3 is 15.8 Å². The van der Waals surface area contributed by atoms with Crippen molar-refractivity contribution < 1.29 is 9.53 Å². The number of nitrogens with one attached hydrogen (secondary N) is 1. The highest BCUT2D eigenvalue weighted by Crippen LogP contribution is 2.09. The van der Waals surface area contributed by atoms with Crippen LogP contribution in [0.1, 0.15) is 42.7 Å². The van der Waals surface area contributed by atoms with E-state index in [1.807, 2.05) is 6.92 Å². The number of hydrogen-bond donors (Lipinski definition) is 2. The summed E-state index contributed by atoms with van der Waals surface area (Å²) in [6, 6.07) is 3.41. The summed E-state index contributed by atoms with van der Waals surface area (Å²) in [5.74, 6) is 0.286. The summed E-state index contributed by atoms with van der Waals surface area (Å²) < 4.78 is 5.21. The lowest BCUT2D eigenvalue weighted by Gasteiger charge is -2.07. The van der Waals surface area contributed by atoms with E-state index in [0.29, 0.717) is 31.1 Å². The van der Waals surface area contributed by atoms with Crippen LogP contribution in [0.5, 0.6) is 0 Å². The molecule has 0 aliphatic carbocycles. The minimum absolute atomic E-state index is 0.108. The number of ether oxygens (including phenoxy) is 1. The molecule has 1 aromatic rings. The van der Waals surface area contributed by atoms with Crippen LogP contribution in [-0.2, 0) is 11.2 Å². The van der Waals surface area contributed by atoms with Crippen LogP contribution in [0.25, 0.3) is 0 Å². The van der Waals surface area contributed by atoms with Gasteiger partial charge in [0.2, 0.25) is 0 Å². The molecule has 0 aliphatic rings. The van der Waals surface area contributed by atoms with E-state index < -0.39 is 0 Å². The first kappa shape index (κ1) is 15.4. The molecule has 1 amide bonds. The van der Waals surface area contributed by atoms with Crippen molar-refractivity contribution in [2.75, 3.05) is 25.5 Å². The van der Waals surface area contributed by atoms with Gasteiger partial charge in [-0.15, -0.1) is 0 Å². The third-order valence-electron chi connectivity index (χ3n) is 2.62. The van der Waals surface area contributed by atoms with Gasteiger partial charge in [-0.3, -0.25) is 4.79 Å². The Morgan fingerprint density at radius 2 is 2.21 bits per heavy atom. The average molecular weight is 265 g/mol. The molecule has 1 rings (SSSR count). The standard InChI is InChI=1S/C14H23N3O2/c1-3-6-12-9-11(10-13(15)17-12)14(18)16-7-5-8-19-4-2/h9-10H,3-8H2,1-2H3,(H2,15,17)(H,16,18). The van der Waals surface area contributed by atoms with Gasteiger partial charge in [0, 0.05) is 31.0 Å². The molecule has 3 N–H and O–H groups in total. The molecule has 0 aromatic carbocycles. The van der Waals surface area contributed by atoms with E-state index in [9.17, 15) is 4.79 Å². The number of nitrogens with zero attached hydrogens (tertiary/aromatic N) is 1. The number of pyridine rings is 1. The molecule has 19 heavy (non-hydrogen) atoms. The number of carbonyl (C=O) groups excluding carboxylic acids is 1. The van der Waals surface area contributed by atoms with Crippen LogP contribution >= 0.6 is 0 Å². The van der Waals surface area contributed by atoms with Gasteiger partial charge in [0.05, 0.1) is 0 Å². The largest absolute Gasteiger partial charge is 0.384 e.